The fourth-order valence-electron chi connectivity index (χ4n) is 2.99. The molecule has 1 aromatic carbocycles. The van der Waals surface area contributed by atoms with Crippen LogP contribution in [0.1, 0.15) is 31.4 Å². The summed E-state index contributed by atoms with van der Waals surface area (Å²) in [6, 6.07) is 4.81. The lowest BCUT2D eigenvalue weighted by Crippen LogP contribution is -2.41. The number of aliphatic hydroxyl groups excluding tert-OH is 1. The summed E-state index contributed by atoms with van der Waals surface area (Å²) < 4.78 is 51.1. The second kappa shape index (κ2) is 7.92. The molecule has 0 aliphatic carbocycles. The SMILES string of the molecule is CCC1OCC(C)(C(O)=C(Cc2ccc(C(F)(F)F)cc2)n2cncn2)CO1. The predicted octanol–water partition coefficient (Wildman–Crippen LogP) is 4.06. The molecule has 2 heterocycles. The first kappa shape index (κ1) is 20.3. The Balaban J connectivity index is 1.91. The van der Waals surface area contributed by atoms with E-state index in [-0.39, 0.29) is 31.7 Å². The first-order valence-electron chi connectivity index (χ1n) is 8.90. The zero-order valence-corrected chi connectivity index (χ0v) is 15.6. The number of ether oxygens (including phenoxy) is 2. The number of hydrogen-bond donors (Lipinski definition) is 1. The van der Waals surface area contributed by atoms with E-state index < -0.39 is 17.2 Å². The maximum atomic E-state index is 12.8. The van der Waals surface area contributed by atoms with E-state index in [0.717, 1.165) is 12.1 Å². The fourth-order valence-corrected chi connectivity index (χ4v) is 2.99. The topological polar surface area (TPSA) is 69.4 Å². The summed E-state index contributed by atoms with van der Waals surface area (Å²) in [5, 5.41) is 15.1. The molecule has 0 atom stereocenters. The predicted molar refractivity (Wildman–Crippen MR) is 95.1 cm³/mol. The molecule has 1 aliphatic rings. The van der Waals surface area contributed by atoms with Crippen molar-refractivity contribution >= 4 is 5.70 Å². The molecule has 9 heteroatoms. The Morgan fingerprint density at radius 3 is 2.39 bits per heavy atom. The number of rotatable bonds is 5. The quantitative estimate of drug-likeness (QED) is 0.771. The zero-order valence-electron chi connectivity index (χ0n) is 15.6. The Kier molecular flexibility index (Phi) is 5.76. The van der Waals surface area contributed by atoms with Crippen LogP contribution in [0, 0.1) is 5.41 Å². The van der Waals surface area contributed by atoms with Gasteiger partial charge in [-0.25, -0.2) is 9.67 Å². The van der Waals surface area contributed by atoms with E-state index >= 15 is 0 Å². The van der Waals surface area contributed by atoms with Crippen LogP contribution in [0.5, 0.6) is 0 Å². The van der Waals surface area contributed by atoms with Gasteiger partial charge < -0.3 is 14.6 Å². The van der Waals surface area contributed by atoms with Gasteiger partial charge in [0.1, 0.15) is 18.4 Å². The summed E-state index contributed by atoms with van der Waals surface area (Å²) in [6.45, 7) is 4.25. The minimum absolute atomic E-state index is 0.00690. The van der Waals surface area contributed by atoms with Crippen molar-refractivity contribution < 1.29 is 27.8 Å². The molecule has 1 aromatic heterocycles. The average molecular weight is 397 g/mol. The maximum Gasteiger partial charge on any atom is 0.416 e. The van der Waals surface area contributed by atoms with Gasteiger partial charge in [-0.2, -0.15) is 18.3 Å². The largest absolute Gasteiger partial charge is 0.510 e. The molecule has 6 nitrogen and oxygen atoms in total. The molecule has 0 spiro atoms. The molecule has 0 unspecified atom stereocenters. The molecule has 0 saturated carbocycles. The monoisotopic (exact) mass is 397 g/mol. The third-order valence-electron chi connectivity index (χ3n) is 4.70. The third kappa shape index (κ3) is 4.36. The highest BCUT2D eigenvalue weighted by atomic mass is 19.4. The smallest absolute Gasteiger partial charge is 0.416 e. The van der Waals surface area contributed by atoms with Crippen LogP contribution in [0.4, 0.5) is 13.2 Å². The Morgan fingerprint density at radius 2 is 1.89 bits per heavy atom. The van der Waals surface area contributed by atoms with E-state index in [1.165, 1.54) is 29.5 Å². The normalized spacial score (nSPS) is 24.1. The Morgan fingerprint density at radius 1 is 1.25 bits per heavy atom. The molecule has 1 saturated heterocycles. The van der Waals surface area contributed by atoms with Crippen LogP contribution in [0.2, 0.25) is 0 Å². The van der Waals surface area contributed by atoms with Crippen molar-refractivity contribution in [2.24, 2.45) is 5.41 Å². The fraction of sp³-hybridized carbons (Fsp3) is 0.474. The summed E-state index contributed by atoms with van der Waals surface area (Å²) in [5.41, 5.74) is -0.531. The highest BCUT2D eigenvalue weighted by molar-refractivity contribution is 5.53. The number of benzene rings is 1. The van der Waals surface area contributed by atoms with Crippen LogP contribution in [-0.4, -0.2) is 39.4 Å². The summed E-state index contributed by atoms with van der Waals surface area (Å²) in [6.07, 6.45) is -1.10. The van der Waals surface area contributed by atoms with E-state index in [1.54, 1.807) is 6.92 Å². The Labute approximate surface area is 160 Å². The van der Waals surface area contributed by atoms with Crippen molar-refractivity contribution in [3.8, 4) is 0 Å². The number of halogens is 3. The number of aliphatic hydroxyl groups is 1. The third-order valence-corrected chi connectivity index (χ3v) is 4.70. The van der Waals surface area contributed by atoms with Gasteiger partial charge >= 0.3 is 6.18 Å². The number of nitrogens with zero attached hydrogens (tertiary/aromatic N) is 3. The van der Waals surface area contributed by atoms with Gasteiger partial charge in [0.05, 0.1) is 29.9 Å². The standard InChI is InChI=1S/C19H22F3N3O3/c1-3-16-27-9-18(2,10-28-16)17(26)15(25-12-23-11-24-25)8-13-4-6-14(7-5-13)19(20,21)22/h4-7,11-12,16,26H,3,8-10H2,1-2H3. The Hall–Kier alpha value is -2.39. The van der Waals surface area contributed by atoms with Crippen molar-refractivity contribution in [1.82, 2.24) is 14.8 Å². The van der Waals surface area contributed by atoms with Gasteiger partial charge in [-0.1, -0.05) is 19.1 Å². The molecular weight excluding hydrogens is 375 g/mol. The van der Waals surface area contributed by atoms with Gasteiger partial charge in [0.15, 0.2) is 6.29 Å². The van der Waals surface area contributed by atoms with Crippen LogP contribution < -0.4 is 0 Å². The first-order valence-corrected chi connectivity index (χ1v) is 8.90. The van der Waals surface area contributed by atoms with Gasteiger partial charge in [-0.15, -0.1) is 0 Å². The summed E-state index contributed by atoms with van der Waals surface area (Å²) in [5.74, 6) is 0.00690. The molecule has 1 fully saturated rings. The molecule has 3 rings (SSSR count). The van der Waals surface area contributed by atoms with E-state index in [0.29, 0.717) is 17.7 Å². The van der Waals surface area contributed by atoms with E-state index in [4.69, 9.17) is 9.47 Å². The lowest BCUT2D eigenvalue weighted by atomic mass is 9.87. The second-order valence-electron chi connectivity index (χ2n) is 7.03. The highest BCUT2D eigenvalue weighted by Crippen LogP contribution is 2.35. The minimum atomic E-state index is -4.40. The van der Waals surface area contributed by atoms with Crippen LogP contribution >= 0.6 is 0 Å². The summed E-state index contributed by atoms with van der Waals surface area (Å²) in [4.78, 5) is 3.90. The van der Waals surface area contributed by atoms with Crippen LogP contribution in [-0.2, 0) is 22.1 Å². The molecule has 152 valence electrons. The van der Waals surface area contributed by atoms with Crippen LogP contribution in [0.3, 0.4) is 0 Å². The summed E-state index contributed by atoms with van der Waals surface area (Å²) >= 11 is 0. The zero-order chi connectivity index (χ0) is 20.4. The number of alkyl halides is 3. The van der Waals surface area contributed by atoms with Gasteiger partial charge in [-0.05, 0) is 31.0 Å². The molecule has 1 aliphatic heterocycles. The van der Waals surface area contributed by atoms with Crippen molar-refractivity contribution in [2.45, 2.75) is 39.2 Å². The van der Waals surface area contributed by atoms with E-state index in [9.17, 15) is 18.3 Å². The van der Waals surface area contributed by atoms with Crippen molar-refractivity contribution in [3.05, 3.63) is 53.8 Å². The number of hydrogen-bond acceptors (Lipinski definition) is 5. The molecule has 0 amide bonds. The van der Waals surface area contributed by atoms with Crippen molar-refractivity contribution in [2.75, 3.05) is 13.2 Å². The van der Waals surface area contributed by atoms with E-state index in [2.05, 4.69) is 10.1 Å². The maximum absolute atomic E-state index is 12.8. The number of aromatic nitrogens is 3. The van der Waals surface area contributed by atoms with Gasteiger partial charge in [0, 0.05) is 6.42 Å². The molecular formula is C19H22F3N3O3. The summed E-state index contributed by atoms with van der Waals surface area (Å²) in [7, 11) is 0. The van der Waals surface area contributed by atoms with Gasteiger partial charge in [-0.3, -0.25) is 0 Å². The van der Waals surface area contributed by atoms with Crippen molar-refractivity contribution in [1.29, 1.82) is 0 Å². The Bertz CT molecular complexity index is 809. The van der Waals surface area contributed by atoms with Gasteiger partial charge in [0.2, 0.25) is 0 Å². The molecule has 1 N–H and O–H groups in total. The van der Waals surface area contributed by atoms with E-state index in [1.807, 2.05) is 6.92 Å². The average Bonchev–Trinajstić information content (AvgIpc) is 3.20. The second-order valence-corrected chi connectivity index (χ2v) is 7.03. The molecule has 28 heavy (non-hydrogen) atoms. The lowest BCUT2D eigenvalue weighted by molar-refractivity contribution is -0.222. The molecule has 2 aromatic rings. The molecule has 0 bridgehead atoms. The van der Waals surface area contributed by atoms with Crippen molar-refractivity contribution in [3.63, 3.8) is 0 Å². The number of allylic oxidation sites excluding steroid dienone is 1. The molecule has 0 radical (unpaired) electrons. The lowest BCUT2D eigenvalue weighted by Gasteiger charge is -2.37. The van der Waals surface area contributed by atoms with Crippen LogP contribution in [0.25, 0.3) is 5.70 Å². The van der Waals surface area contributed by atoms with Crippen LogP contribution in [0.15, 0.2) is 42.7 Å². The highest BCUT2D eigenvalue weighted by Gasteiger charge is 2.38. The first-order chi connectivity index (χ1) is 13.2. The van der Waals surface area contributed by atoms with Gasteiger partial charge in [0.25, 0.3) is 0 Å². The minimum Gasteiger partial charge on any atom is -0.510 e.